The minimum atomic E-state index is -0.966. The van der Waals surface area contributed by atoms with Crippen LogP contribution >= 0.6 is 0 Å². The summed E-state index contributed by atoms with van der Waals surface area (Å²) in [5.41, 5.74) is -1.01. The Kier molecular flexibility index (Phi) is 4.69. The van der Waals surface area contributed by atoms with Gasteiger partial charge in [0, 0.05) is 0 Å². The Balaban J connectivity index is 2.57. The minimum Gasteiger partial charge on any atom is -0.481 e. The molecule has 0 aromatic carbocycles. The first-order chi connectivity index (χ1) is 8.89. The first kappa shape index (κ1) is 16.8. The standard InChI is InChI=1S/C14H25NO5/c1-13(2,3)19-9-7-8(10(9)11(16)17)15-12(18)20-14(4,5)6/h8-10H,7H2,1-6H3,(H,15,18)(H,16,17)/t8-,9+,10-/m0/s1. The van der Waals surface area contributed by atoms with Crippen molar-refractivity contribution in [3.8, 4) is 0 Å². The lowest BCUT2D eigenvalue weighted by atomic mass is 9.76. The van der Waals surface area contributed by atoms with Gasteiger partial charge in [-0.25, -0.2) is 4.79 Å². The van der Waals surface area contributed by atoms with Crippen molar-refractivity contribution in [3.63, 3.8) is 0 Å². The highest BCUT2D eigenvalue weighted by atomic mass is 16.6. The van der Waals surface area contributed by atoms with Crippen molar-refractivity contribution in [2.24, 2.45) is 5.92 Å². The van der Waals surface area contributed by atoms with E-state index in [2.05, 4.69) is 5.32 Å². The number of aliphatic carboxylic acids is 1. The van der Waals surface area contributed by atoms with Crippen molar-refractivity contribution < 1.29 is 24.2 Å². The summed E-state index contributed by atoms with van der Waals surface area (Å²) in [4.78, 5) is 22.9. The topological polar surface area (TPSA) is 84.9 Å². The first-order valence-corrected chi connectivity index (χ1v) is 6.79. The van der Waals surface area contributed by atoms with Crippen molar-refractivity contribution in [3.05, 3.63) is 0 Å². The summed E-state index contributed by atoms with van der Waals surface area (Å²) in [5, 5.41) is 11.8. The van der Waals surface area contributed by atoms with Crippen LogP contribution in [0.1, 0.15) is 48.0 Å². The second kappa shape index (κ2) is 5.60. The number of amides is 1. The number of hydrogen-bond donors (Lipinski definition) is 2. The molecule has 0 bridgehead atoms. The molecule has 1 aliphatic carbocycles. The van der Waals surface area contributed by atoms with Gasteiger partial charge in [0.25, 0.3) is 0 Å². The van der Waals surface area contributed by atoms with Gasteiger partial charge in [0.2, 0.25) is 0 Å². The van der Waals surface area contributed by atoms with E-state index in [9.17, 15) is 14.7 Å². The third-order valence-corrected chi connectivity index (χ3v) is 2.81. The normalized spacial score (nSPS) is 26.6. The lowest BCUT2D eigenvalue weighted by molar-refractivity contribution is -0.173. The maximum atomic E-state index is 11.7. The van der Waals surface area contributed by atoms with Crippen LogP contribution in [0.15, 0.2) is 0 Å². The Hall–Kier alpha value is -1.30. The zero-order valence-electron chi connectivity index (χ0n) is 13.0. The third-order valence-electron chi connectivity index (χ3n) is 2.81. The summed E-state index contributed by atoms with van der Waals surface area (Å²) in [6.07, 6.45) is -0.497. The summed E-state index contributed by atoms with van der Waals surface area (Å²) in [5.74, 6) is -1.70. The van der Waals surface area contributed by atoms with Gasteiger partial charge in [-0.3, -0.25) is 4.79 Å². The highest BCUT2D eigenvalue weighted by Gasteiger charge is 2.49. The summed E-state index contributed by atoms with van der Waals surface area (Å²) >= 11 is 0. The molecule has 1 fully saturated rings. The number of alkyl carbamates (subject to hydrolysis) is 1. The molecule has 6 nitrogen and oxygen atoms in total. The molecule has 0 heterocycles. The molecule has 1 saturated carbocycles. The van der Waals surface area contributed by atoms with E-state index in [1.807, 2.05) is 20.8 Å². The number of carboxylic acids is 1. The number of nitrogens with one attached hydrogen (secondary N) is 1. The van der Waals surface area contributed by atoms with Crippen LogP contribution in [0.25, 0.3) is 0 Å². The van der Waals surface area contributed by atoms with Crippen LogP contribution in [-0.4, -0.2) is 40.5 Å². The van der Waals surface area contributed by atoms with E-state index in [-0.39, 0.29) is 6.10 Å². The van der Waals surface area contributed by atoms with E-state index in [1.54, 1.807) is 20.8 Å². The van der Waals surface area contributed by atoms with E-state index < -0.39 is 35.2 Å². The van der Waals surface area contributed by atoms with Gasteiger partial charge in [0.1, 0.15) is 11.5 Å². The average Bonchev–Trinajstić information content (AvgIpc) is 2.08. The zero-order valence-corrected chi connectivity index (χ0v) is 13.0. The van der Waals surface area contributed by atoms with Crippen molar-refractivity contribution in [1.82, 2.24) is 5.32 Å². The van der Waals surface area contributed by atoms with Gasteiger partial charge in [0.05, 0.1) is 17.7 Å². The second-order valence-electron chi connectivity index (χ2n) is 7.12. The Labute approximate surface area is 119 Å². The molecule has 0 aliphatic heterocycles. The second-order valence-corrected chi connectivity index (χ2v) is 7.12. The summed E-state index contributed by atoms with van der Waals surface area (Å²) < 4.78 is 10.8. The van der Waals surface area contributed by atoms with Gasteiger partial charge in [-0.05, 0) is 48.0 Å². The van der Waals surface area contributed by atoms with Crippen LogP contribution in [-0.2, 0) is 14.3 Å². The van der Waals surface area contributed by atoms with E-state index in [0.29, 0.717) is 6.42 Å². The molecule has 0 unspecified atom stereocenters. The molecule has 1 rings (SSSR count). The number of carboxylic acid groups (broad SMARTS) is 1. The van der Waals surface area contributed by atoms with Crippen molar-refractivity contribution in [2.45, 2.75) is 71.3 Å². The maximum absolute atomic E-state index is 11.7. The molecule has 1 aliphatic rings. The fourth-order valence-corrected chi connectivity index (χ4v) is 2.12. The molecule has 6 heteroatoms. The van der Waals surface area contributed by atoms with Gasteiger partial charge in [-0.15, -0.1) is 0 Å². The molecule has 116 valence electrons. The van der Waals surface area contributed by atoms with Crippen LogP contribution in [0.2, 0.25) is 0 Å². The Morgan fingerprint density at radius 3 is 2.05 bits per heavy atom. The SMILES string of the molecule is CC(C)(C)OC(=O)N[C@H]1C[C@@H](OC(C)(C)C)[C@H]1C(=O)O. The maximum Gasteiger partial charge on any atom is 0.407 e. The smallest absolute Gasteiger partial charge is 0.407 e. The van der Waals surface area contributed by atoms with E-state index >= 15 is 0 Å². The molecule has 0 saturated heterocycles. The molecule has 20 heavy (non-hydrogen) atoms. The monoisotopic (exact) mass is 287 g/mol. The molecule has 0 spiro atoms. The Morgan fingerprint density at radius 1 is 1.10 bits per heavy atom. The van der Waals surface area contributed by atoms with Gasteiger partial charge in [0.15, 0.2) is 0 Å². The summed E-state index contributed by atoms with van der Waals surface area (Å²) in [6.45, 7) is 10.9. The predicted octanol–water partition coefficient (Wildman–Crippen LogP) is 2.17. The van der Waals surface area contributed by atoms with Crippen LogP contribution in [0.4, 0.5) is 4.79 Å². The number of hydrogen-bond acceptors (Lipinski definition) is 4. The van der Waals surface area contributed by atoms with Crippen LogP contribution in [0, 0.1) is 5.92 Å². The molecular weight excluding hydrogens is 262 g/mol. The highest BCUT2D eigenvalue weighted by Crippen LogP contribution is 2.34. The zero-order chi connectivity index (χ0) is 15.7. The van der Waals surface area contributed by atoms with E-state index in [1.165, 1.54) is 0 Å². The largest absolute Gasteiger partial charge is 0.481 e. The minimum absolute atomic E-state index is 0.382. The Morgan fingerprint density at radius 2 is 1.65 bits per heavy atom. The number of ether oxygens (including phenoxy) is 2. The molecule has 1 amide bonds. The quantitative estimate of drug-likeness (QED) is 0.831. The number of rotatable bonds is 3. The van der Waals surface area contributed by atoms with Gasteiger partial charge >= 0.3 is 12.1 Å². The molecule has 2 N–H and O–H groups in total. The van der Waals surface area contributed by atoms with E-state index in [0.717, 1.165) is 0 Å². The van der Waals surface area contributed by atoms with Crippen molar-refractivity contribution in [2.75, 3.05) is 0 Å². The first-order valence-electron chi connectivity index (χ1n) is 6.79. The van der Waals surface area contributed by atoms with Gasteiger partial charge < -0.3 is 19.9 Å². The molecule has 0 radical (unpaired) electrons. The number of carbonyl (C=O) groups excluding carboxylic acids is 1. The van der Waals surface area contributed by atoms with Crippen molar-refractivity contribution >= 4 is 12.1 Å². The number of carbonyl (C=O) groups is 2. The summed E-state index contributed by atoms with van der Waals surface area (Å²) in [7, 11) is 0. The molecule has 0 aromatic rings. The van der Waals surface area contributed by atoms with E-state index in [4.69, 9.17) is 9.47 Å². The van der Waals surface area contributed by atoms with Gasteiger partial charge in [-0.1, -0.05) is 0 Å². The lowest BCUT2D eigenvalue weighted by Gasteiger charge is -2.44. The Bertz CT molecular complexity index is 380. The highest BCUT2D eigenvalue weighted by molar-refractivity contribution is 5.75. The predicted molar refractivity (Wildman–Crippen MR) is 73.5 cm³/mol. The average molecular weight is 287 g/mol. The fourth-order valence-electron chi connectivity index (χ4n) is 2.12. The van der Waals surface area contributed by atoms with Crippen molar-refractivity contribution in [1.29, 1.82) is 0 Å². The van der Waals surface area contributed by atoms with Gasteiger partial charge in [-0.2, -0.15) is 0 Å². The molecular formula is C14H25NO5. The van der Waals surface area contributed by atoms with Crippen LogP contribution in [0.3, 0.4) is 0 Å². The van der Waals surface area contributed by atoms with Crippen LogP contribution in [0.5, 0.6) is 0 Å². The molecule has 3 atom stereocenters. The van der Waals surface area contributed by atoms with Crippen LogP contribution < -0.4 is 5.32 Å². The third kappa shape index (κ3) is 5.00. The lowest BCUT2D eigenvalue weighted by Crippen LogP contribution is -2.60. The summed E-state index contributed by atoms with van der Waals surface area (Å²) in [6, 6.07) is -0.449. The fraction of sp³-hybridized carbons (Fsp3) is 0.857. The molecule has 0 aromatic heterocycles.